The molecule has 0 saturated carbocycles. The Morgan fingerprint density at radius 2 is 1.82 bits per heavy atom. The van der Waals surface area contributed by atoms with Gasteiger partial charge in [0.25, 0.3) is 0 Å². The summed E-state index contributed by atoms with van der Waals surface area (Å²) in [6.45, 7) is 7.14. The molecule has 1 aliphatic rings. The minimum absolute atomic E-state index is 0.0476. The Hall–Kier alpha value is -3.22. The average molecular weight is 455 g/mol. The molecule has 0 aromatic heterocycles. The Morgan fingerprint density at radius 3 is 2.55 bits per heavy atom. The van der Waals surface area contributed by atoms with Gasteiger partial charge >= 0.3 is 0 Å². The summed E-state index contributed by atoms with van der Waals surface area (Å²) in [5.41, 5.74) is 1.90. The van der Waals surface area contributed by atoms with E-state index in [-0.39, 0.29) is 24.3 Å². The Labute approximate surface area is 196 Å². The predicted octanol–water partition coefficient (Wildman–Crippen LogP) is 3.73. The minimum Gasteiger partial charge on any atom is -0.497 e. The van der Waals surface area contributed by atoms with E-state index < -0.39 is 6.04 Å². The van der Waals surface area contributed by atoms with E-state index in [1.165, 1.54) is 0 Å². The van der Waals surface area contributed by atoms with Crippen LogP contribution in [0.2, 0.25) is 0 Å². The molecule has 7 nitrogen and oxygen atoms in total. The van der Waals surface area contributed by atoms with Crippen LogP contribution in [0.5, 0.6) is 17.2 Å². The molecule has 2 aromatic rings. The van der Waals surface area contributed by atoms with E-state index >= 15 is 0 Å². The third-order valence-electron chi connectivity index (χ3n) is 5.89. The zero-order valence-electron chi connectivity index (χ0n) is 19.9. The number of fused-ring (bicyclic) bond motifs is 1. The van der Waals surface area contributed by atoms with Crippen molar-refractivity contribution >= 4 is 11.8 Å². The third-order valence-corrected chi connectivity index (χ3v) is 5.89. The number of hydrogen-bond acceptors (Lipinski definition) is 5. The first-order chi connectivity index (χ1) is 15.9. The number of aryl methyl sites for hydroxylation is 1. The highest BCUT2D eigenvalue weighted by atomic mass is 16.6. The Bertz CT molecular complexity index is 961. The largest absolute Gasteiger partial charge is 0.497 e. The van der Waals surface area contributed by atoms with Gasteiger partial charge in [-0.1, -0.05) is 25.1 Å². The maximum Gasteiger partial charge on any atom is 0.242 e. The maximum atomic E-state index is 13.3. The first kappa shape index (κ1) is 24.4. The predicted molar refractivity (Wildman–Crippen MR) is 127 cm³/mol. The molecular weight excluding hydrogens is 420 g/mol. The van der Waals surface area contributed by atoms with Gasteiger partial charge in [-0.05, 0) is 62.1 Å². The Balaban J connectivity index is 1.73. The normalized spacial score (nSPS) is 14.2. The van der Waals surface area contributed by atoms with Crippen LogP contribution in [0, 0.1) is 0 Å². The van der Waals surface area contributed by atoms with Gasteiger partial charge in [0.1, 0.15) is 25.0 Å². The van der Waals surface area contributed by atoms with E-state index in [1.54, 1.807) is 18.9 Å². The van der Waals surface area contributed by atoms with E-state index in [4.69, 9.17) is 14.2 Å². The highest BCUT2D eigenvalue weighted by Crippen LogP contribution is 2.31. The van der Waals surface area contributed by atoms with Crippen molar-refractivity contribution in [2.24, 2.45) is 0 Å². The second-order valence-electron chi connectivity index (χ2n) is 8.35. The number of nitrogens with one attached hydrogen (secondary N) is 1. The van der Waals surface area contributed by atoms with Crippen LogP contribution in [-0.4, -0.2) is 49.1 Å². The zero-order chi connectivity index (χ0) is 23.8. The highest BCUT2D eigenvalue weighted by molar-refractivity contribution is 5.87. The van der Waals surface area contributed by atoms with E-state index in [0.717, 1.165) is 23.3 Å². The van der Waals surface area contributed by atoms with Crippen molar-refractivity contribution in [1.29, 1.82) is 0 Å². The van der Waals surface area contributed by atoms with Crippen LogP contribution in [0.25, 0.3) is 0 Å². The van der Waals surface area contributed by atoms with E-state index in [0.29, 0.717) is 37.7 Å². The van der Waals surface area contributed by atoms with Crippen molar-refractivity contribution in [2.75, 3.05) is 20.3 Å². The van der Waals surface area contributed by atoms with Crippen LogP contribution in [0.15, 0.2) is 42.5 Å². The van der Waals surface area contributed by atoms with Gasteiger partial charge in [0, 0.05) is 19.0 Å². The summed E-state index contributed by atoms with van der Waals surface area (Å²) in [4.78, 5) is 27.8. The van der Waals surface area contributed by atoms with Crippen molar-refractivity contribution in [3.63, 3.8) is 0 Å². The van der Waals surface area contributed by atoms with Crippen LogP contribution >= 0.6 is 0 Å². The van der Waals surface area contributed by atoms with Crippen molar-refractivity contribution in [3.8, 4) is 17.2 Å². The molecular formula is C26H34N2O5. The van der Waals surface area contributed by atoms with Gasteiger partial charge in [-0.15, -0.1) is 0 Å². The molecule has 1 heterocycles. The summed E-state index contributed by atoms with van der Waals surface area (Å²) in [6.07, 6.45) is 1.65. The number of carbonyl (C=O) groups is 2. The molecule has 2 aromatic carbocycles. The van der Waals surface area contributed by atoms with E-state index in [9.17, 15) is 9.59 Å². The summed E-state index contributed by atoms with van der Waals surface area (Å²) in [5, 5.41) is 2.99. The van der Waals surface area contributed by atoms with Gasteiger partial charge in [-0.25, -0.2) is 0 Å². The summed E-state index contributed by atoms with van der Waals surface area (Å²) in [5.74, 6) is 1.92. The lowest BCUT2D eigenvalue weighted by molar-refractivity contribution is -0.140. The fraction of sp³-hybridized carbons (Fsp3) is 0.462. The molecule has 0 unspecified atom stereocenters. The summed E-state index contributed by atoms with van der Waals surface area (Å²) in [6, 6.07) is 12.8. The van der Waals surface area contributed by atoms with Crippen LogP contribution in [-0.2, 0) is 22.6 Å². The first-order valence-electron chi connectivity index (χ1n) is 11.5. The fourth-order valence-electron chi connectivity index (χ4n) is 3.65. The molecule has 178 valence electrons. The van der Waals surface area contributed by atoms with Crippen LogP contribution in [0.3, 0.4) is 0 Å². The second kappa shape index (κ2) is 11.6. The monoisotopic (exact) mass is 454 g/mol. The number of benzene rings is 2. The molecule has 2 amide bonds. The smallest absolute Gasteiger partial charge is 0.242 e. The summed E-state index contributed by atoms with van der Waals surface area (Å²) < 4.78 is 16.5. The topological polar surface area (TPSA) is 77.1 Å². The standard InChI is InChI=1S/C26H34N2O5/c1-5-18(2)27-26(30)19(3)28(17-21-7-6-8-22(15-21)31-4)25(29)12-10-20-9-11-23-24(16-20)33-14-13-32-23/h6-9,11,15-16,18-19H,5,10,12-14,17H2,1-4H3,(H,27,30)/t18-,19+/m0/s1. The number of amides is 2. The molecule has 7 heteroatoms. The molecule has 0 bridgehead atoms. The highest BCUT2D eigenvalue weighted by Gasteiger charge is 2.27. The molecule has 1 N–H and O–H groups in total. The molecule has 2 atom stereocenters. The molecule has 1 aliphatic heterocycles. The molecule has 0 fully saturated rings. The van der Waals surface area contributed by atoms with Crippen molar-refractivity contribution in [1.82, 2.24) is 10.2 Å². The van der Waals surface area contributed by atoms with Gasteiger partial charge < -0.3 is 24.4 Å². The number of ether oxygens (including phenoxy) is 3. The molecule has 0 aliphatic carbocycles. The van der Waals surface area contributed by atoms with Gasteiger partial charge in [-0.2, -0.15) is 0 Å². The zero-order valence-corrected chi connectivity index (χ0v) is 19.9. The molecule has 0 spiro atoms. The average Bonchev–Trinajstić information content (AvgIpc) is 2.85. The molecule has 0 saturated heterocycles. The lowest BCUT2D eigenvalue weighted by Crippen LogP contribution is -2.49. The van der Waals surface area contributed by atoms with Crippen LogP contribution < -0.4 is 19.5 Å². The number of carbonyl (C=O) groups excluding carboxylic acids is 2. The number of methoxy groups -OCH3 is 1. The van der Waals surface area contributed by atoms with Crippen molar-refractivity contribution < 1.29 is 23.8 Å². The summed E-state index contributed by atoms with van der Waals surface area (Å²) >= 11 is 0. The second-order valence-corrected chi connectivity index (χ2v) is 8.35. The van der Waals surface area contributed by atoms with Gasteiger partial charge in [0.15, 0.2) is 11.5 Å². The number of hydrogen-bond donors (Lipinski definition) is 1. The molecule has 33 heavy (non-hydrogen) atoms. The Kier molecular flexibility index (Phi) is 8.58. The van der Waals surface area contributed by atoms with Crippen molar-refractivity contribution in [2.45, 2.75) is 58.7 Å². The van der Waals surface area contributed by atoms with Crippen molar-refractivity contribution in [3.05, 3.63) is 53.6 Å². The molecule has 3 rings (SSSR count). The lowest BCUT2D eigenvalue weighted by atomic mass is 10.1. The summed E-state index contributed by atoms with van der Waals surface area (Å²) in [7, 11) is 1.61. The first-order valence-corrected chi connectivity index (χ1v) is 11.5. The molecule has 0 radical (unpaired) electrons. The lowest BCUT2D eigenvalue weighted by Gasteiger charge is -2.30. The Morgan fingerprint density at radius 1 is 1.06 bits per heavy atom. The quantitative estimate of drug-likeness (QED) is 0.592. The van der Waals surface area contributed by atoms with Gasteiger partial charge in [0.05, 0.1) is 7.11 Å². The van der Waals surface area contributed by atoms with Crippen LogP contribution in [0.1, 0.15) is 44.7 Å². The van der Waals surface area contributed by atoms with Crippen LogP contribution in [0.4, 0.5) is 0 Å². The maximum absolute atomic E-state index is 13.3. The van der Waals surface area contributed by atoms with E-state index in [1.807, 2.05) is 56.3 Å². The number of nitrogens with zero attached hydrogens (tertiary/aromatic N) is 1. The van der Waals surface area contributed by atoms with Gasteiger partial charge in [0.2, 0.25) is 11.8 Å². The fourth-order valence-corrected chi connectivity index (χ4v) is 3.65. The SMILES string of the molecule is CC[C@H](C)NC(=O)[C@@H](C)N(Cc1cccc(OC)c1)C(=O)CCc1ccc2c(c1)OCCO2. The van der Waals surface area contributed by atoms with Gasteiger partial charge in [-0.3, -0.25) is 9.59 Å². The van der Waals surface area contributed by atoms with E-state index in [2.05, 4.69) is 5.32 Å². The minimum atomic E-state index is -0.599. The third kappa shape index (κ3) is 6.63. The number of rotatable bonds is 10.